The van der Waals surface area contributed by atoms with Gasteiger partial charge in [0, 0.05) is 28.5 Å². The van der Waals surface area contributed by atoms with Gasteiger partial charge in [-0.3, -0.25) is 9.59 Å². The first-order valence-electron chi connectivity index (χ1n) is 13.3. The molecule has 1 N–H and O–H groups in total. The molecule has 1 aromatic heterocycles. The quantitative estimate of drug-likeness (QED) is 0.0831. The molecule has 9 nitrogen and oxygen atoms in total. The molecule has 0 spiro atoms. The summed E-state index contributed by atoms with van der Waals surface area (Å²) in [7, 11) is 0. The molecular formula is C30H30Cl4N2O7. The Morgan fingerprint density at radius 3 is 1.98 bits per heavy atom. The molecule has 1 heterocycles. The van der Waals surface area contributed by atoms with Gasteiger partial charge < -0.3 is 14.5 Å². The molecular weight excluding hydrogens is 642 g/mol. The molecule has 3 aromatic rings. The number of benzene rings is 2. The Bertz CT molecular complexity index is 1400. The van der Waals surface area contributed by atoms with Gasteiger partial charge in [-0.2, -0.15) is 9.59 Å². The number of carbonyl (C=O) groups excluding carboxylic acids is 4. The molecule has 43 heavy (non-hydrogen) atoms. The highest BCUT2D eigenvalue weighted by Gasteiger charge is 2.33. The van der Waals surface area contributed by atoms with Crippen molar-refractivity contribution in [3.63, 3.8) is 0 Å². The molecule has 0 radical (unpaired) electrons. The van der Waals surface area contributed by atoms with E-state index in [1.165, 1.54) is 19.1 Å². The third-order valence-electron chi connectivity index (χ3n) is 6.16. The second-order valence-electron chi connectivity index (χ2n) is 9.28. The summed E-state index contributed by atoms with van der Waals surface area (Å²) in [5.74, 6) is 1.39. The Hall–Kier alpha value is -3.20. The topological polar surface area (TPSA) is 136 Å². The third-order valence-corrected chi connectivity index (χ3v) is 7.45. The highest BCUT2D eigenvalue weighted by molar-refractivity contribution is 6.39. The van der Waals surface area contributed by atoms with Crippen molar-refractivity contribution in [3.8, 4) is 11.3 Å². The average Bonchev–Trinajstić information content (AvgIpc) is 3.90. The van der Waals surface area contributed by atoms with Crippen LogP contribution in [0.5, 0.6) is 0 Å². The van der Waals surface area contributed by atoms with E-state index in [0.717, 1.165) is 41.8 Å². The standard InChI is InChI=1S/C14H13Cl2NO.C8H12O3.C7H5Cl2NO.CO2/c1-2-9-13(17-18-14(9)8-6-7-8)12-10(15)4-3-5-11(12)16;1-2-11-8(10)5-7(9)6-3-4-6;8-6-2-1-3-7(9)5(6)4-10-11;2-1-3/h3-5,8H,2,6-7H2,1H3;6H,2-5H2,1H3;1-4,11H;. The third kappa shape index (κ3) is 11.4. The van der Waals surface area contributed by atoms with Crippen LogP contribution in [0.15, 0.2) is 46.1 Å². The lowest BCUT2D eigenvalue weighted by atomic mass is 10.0. The minimum absolute atomic E-state index is 0.0293. The van der Waals surface area contributed by atoms with Gasteiger partial charge in [0.2, 0.25) is 0 Å². The molecule has 0 amide bonds. The molecule has 2 aliphatic carbocycles. The number of Topliss-reactive ketones (excluding diaryl/α,β-unsaturated/α-hetero) is 1. The van der Waals surface area contributed by atoms with Gasteiger partial charge in [-0.15, -0.1) is 0 Å². The van der Waals surface area contributed by atoms with Gasteiger partial charge in [-0.05, 0) is 63.3 Å². The molecule has 2 saturated carbocycles. The van der Waals surface area contributed by atoms with E-state index in [0.29, 0.717) is 38.2 Å². The summed E-state index contributed by atoms with van der Waals surface area (Å²) in [6.07, 6.45) is 6.60. The van der Waals surface area contributed by atoms with E-state index in [2.05, 4.69) is 22.0 Å². The van der Waals surface area contributed by atoms with Crippen molar-refractivity contribution in [1.82, 2.24) is 5.16 Å². The summed E-state index contributed by atoms with van der Waals surface area (Å²) >= 11 is 23.9. The first kappa shape index (κ1) is 36.0. The number of rotatable bonds is 8. The smallest absolute Gasteiger partial charge is 0.373 e. The summed E-state index contributed by atoms with van der Waals surface area (Å²) in [6.45, 7) is 4.20. The van der Waals surface area contributed by atoms with Crippen molar-refractivity contribution < 1.29 is 33.6 Å². The van der Waals surface area contributed by atoms with Gasteiger partial charge in [0.1, 0.15) is 23.7 Å². The van der Waals surface area contributed by atoms with Crippen molar-refractivity contribution >= 4 is 70.5 Å². The predicted molar refractivity (Wildman–Crippen MR) is 163 cm³/mol. The normalized spacial score (nSPS) is 13.3. The summed E-state index contributed by atoms with van der Waals surface area (Å²) < 4.78 is 10.1. The van der Waals surface area contributed by atoms with Gasteiger partial charge in [0.05, 0.1) is 32.9 Å². The van der Waals surface area contributed by atoms with E-state index in [1.54, 1.807) is 25.1 Å². The predicted octanol–water partition coefficient (Wildman–Crippen LogP) is 8.22. The van der Waals surface area contributed by atoms with Crippen LogP contribution in [0.3, 0.4) is 0 Å². The van der Waals surface area contributed by atoms with Gasteiger partial charge >= 0.3 is 12.1 Å². The maximum absolute atomic E-state index is 11.0. The Morgan fingerprint density at radius 2 is 1.53 bits per heavy atom. The molecule has 13 heteroatoms. The Kier molecular flexibility index (Phi) is 15.5. The van der Waals surface area contributed by atoms with Crippen LogP contribution in [-0.2, 0) is 30.3 Å². The summed E-state index contributed by atoms with van der Waals surface area (Å²) in [5.41, 5.74) is 3.26. The van der Waals surface area contributed by atoms with Crippen LogP contribution in [0.1, 0.15) is 68.8 Å². The molecule has 230 valence electrons. The number of oxime groups is 1. The van der Waals surface area contributed by atoms with Crippen LogP contribution >= 0.6 is 46.4 Å². The Morgan fingerprint density at radius 1 is 1.00 bits per heavy atom. The fourth-order valence-corrected chi connectivity index (χ4v) is 4.92. The molecule has 2 aliphatic rings. The lowest BCUT2D eigenvalue weighted by molar-refractivity contribution is -0.191. The van der Waals surface area contributed by atoms with Crippen LogP contribution in [0, 0.1) is 5.92 Å². The molecule has 2 aromatic carbocycles. The number of hydrogen-bond acceptors (Lipinski definition) is 9. The Balaban J connectivity index is 0.000000225. The number of nitrogens with zero attached hydrogens (tertiary/aromatic N) is 2. The minimum Gasteiger partial charge on any atom is -0.466 e. The molecule has 0 aliphatic heterocycles. The number of hydrogen-bond donors (Lipinski definition) is 1. The average molecular weight is 672 g/mol. The van der Waals surface area contributed by atoms with Gasteiger partial charge in [0.15, 0.2) is 0 Å². The molecule has 0 atom stereocenters. The van der Waals surface area contributed by atoms with Crippen molar-refractivity contribution in [2.75, 3.05) is 6.61 Å². The summed E-state index contributed by atoms with van der Waals surface area (Å²) in [5, 5.41) is 17.4. The van der Waals surface area contributed by atoms with Gasteiger partial charge in [0.25, 0.3) is 0 Å². The van der Waals surface area contributed by atoms with Crippen molar-refractivity contribution in [1.29, 1.82) is 0 Å². The van der Waals surface area contributed by atoms with Crippen molar-refractivity contribution in [3.05, 3.63) is 73.4 Å². The monoisotopic (exact) mass is 670 g/mol. The van der Waals surface area contributed by atoms with Crippen molar-refractivity contribution in [2.45, 2.75) is 58.3 Å². The maximum Gasteiger partial charge on any atom is 0.373 e. The highest BCUT2D eigenvalue weighted by Crippen LogP contribution is 2.45. The first-order valence-corrected chi connectivity index (χ1v) is 14.9. The van der Waals surface area contributed by atoms with Crippen LogP contribution < -0.4 is 0 Å². The molecule has 0 saturated heterocycles. The van der Waals surface area contributed by atoms with Gasteiger partial charge in [-0.1, -0.05) is 75.8 Å². The fraction of sp³-hybridized carbons (Fsp3) is 0.367. The van der Waals surface area contributed by atoms with E-state index < -0.39 is 0 Å². The van der Waals surface area contributed by atoms with E-state index in [1.807, 2.05) is 18.2 Å². The number of aromatic nitrogens is 1. The summed E-state index contributed by atoms with van der Waals surface area (Å²) in [6, 6.07) is 10.6. The number of esters is 1. The maximum atomic E-state index is 11.0. The number of halogens is 4. The molecule has 2 fully saturated rings. The number of ketones is 1. The highest BCUT2D eigenvalue weighted by atomic mass is 35.5. The minimum atomic E-state index is -0.385. The van der Waals surface area contributed by atoms with E-state index in [-0.39, 0.29) is 30.2 Å². The first-order chi connectivity index (χ1) is 20.6. The lowest BCUT2D eigenvalue weighted by Gasteiger charge is -2.05. The number of ether oxygens (including phenoxy) is 1. The van der Waals surface area contributed by atoms with E-state index in [4.69, 9.17) is 65.7 Å². The van der Waals surface area contributed by atoms with E-state index in [9.17, 15) is 9.59 Å². The van der Waals surface area contributed by atoms with E-state index >= 15 is 0 Å². The molecule has 0 unspecified atom stereocenters. The Labute approximate surface area is 269 Å². The zero-order valence-corrected chi connectivity index (χ0v) is 26.5. The molecule has 0 bridgehead atoms. The van der Waals surface area contributed by atoms with Crippen LogP contribution in [0.25, 0.3) is 11.3 Å². The summed E-state index contributed by atoms with van der Waals surface area (Å²) in [4.78, 5) is 38.0. The van der Waals surface area contributed by atoms with Crippen LogP contribution in [0.4, 0.5) is 0 Å². The zero-order valence-electron chi connectivity index (χ0n) is 23.4. The largest absolute Gasteiger partial charge is 0.466 e. The lowest BCUT2D eigenvalue weighted by Crippen LogP contribution is -2.12. The second kappa shape index (κ2) is 18.5. The van der Waals surface area contributed by atoms with Gasteiger partial charge in [-0.25, -0.2) is 0 Å². The van der Waals surface area contributed by atoms with Crippen LogP contribution in [-0.4, -0.2) is 41.1 Å². The van der Waals surface area contributed by atoms with Crippen LogP contribution in [0.2, 0.25) is 20.1 Å². The number of carbonyl (C=O) groups is 2. The SMILES string of the molecule is CCOC(=O)CC(=O)C1CC1.CCc1c(-c2c(Cl)cccc2Cl)noc1C1CC1.O=C=O.ON=Cc1c(Cl)cccc1Cl. The zero-order chi connectivity index (χ0) is 31.9. The fourth-order valence-electron chi connectivity index (χ4n) is 3.85. The van der Waals surface area contributed by atoms with Crippen molar-refractivity contribution in [2.24, 2.45) is 11.1 Å². The second-order valence-corrected chi connectivity index (χ2v) is 10.9. The molecule has 5 rings (SSSR count).